The summed E-state index contributed by atoms with van der Waals surface area (Å²) in [7, 11) is 5.16. The molecule has 1 unspecified atom stereocenters. The van der Waals surface area contributed by atoms with Crippen LogP contribution in [0.25, 0.3) is 11.3 Å². The molecule has 1 N–H and O–H groups in total. The van der Waals surface area contributed by atoms with Gasteiger partial charge in [-0.2, -0.15) is 5.10 Å². The number of ether oxygens (including phenoxy) is 3. The summed E-state index contributed by atoms with van der Waals surface area (Å²) in [5, 5.41) is 15.3. The van der Waals surface area contributed by atoms with Gasteiger partial charge in [0.15, 0.2) is 0 Å². The highest BCUT2D eigenvalue weighted by Crippen LogP contribution is 2.36. The smallest absolute Gasteiger partial charge is 0.222 e. The van der Waals surface area contributed by atoms with Crippen LogP contribution in [0.1, 0.15) is 18.4 Å². The van der Waals surface area contributed by atoms with Crippen LogP contribution in [0, 0.1) is 5.92 Å². The average molecular weight is 452 g/mol. The Morgan fingerprint density at radius 2 is 1.85 bits per heavy atom. The lowest BCUT2D eigenvalue weighted by atomic mass is 10.1. The zero-order valence-corrected chi connectivity index (χ0v) is 19.6. The molecule has 0 bridgehead atoms. The highest BCUT2D eigenvalue weighted by atomic mass is 16.5. The van der Waals surface area contributed by atoms with Crippen molar-refractivity contribution in [2.45, 2.75) is 25.5 Å². The monoisotopic (exact) mass is 451 g/mol. The summed E-state index contributed by atoms with van der Waals surface area (Å²) in [5.41, 5.74) is 2.92. The normalized spacial score (nSPS) is 14.5. The van der Waals surface area contributed by atoms with Gasteiger partial charge in [0.1, 0.15) is 17.2 Å². The van der Waals surface area contributed by atoms with E-state index in [-0.39, 0.29) is 0 Å². The maximum atomic E-state index is 10.5. The zero-order chi connectivity index (χ0) is 23.2. The number of aromatic nitrogens is 2. The van der Waals surface area contributed by atoms with E-state index in [1.807, 2.05) is 49.5 Å². The van der Waals surface area contributed by atoms with E-state index < -0.39 is 6.10 Å². The minimum Gasteiger partial charge on any atom is -0.497 e. The van der Waals surface area contributed by atoms with E-state index in [0.29, 0.717) is 37.2 Å². The fourth-order valence-electron chi connectivity index (χ4n) is 4.06. The van der Waals surface area contributed by atoms with Crippen LogP contribution in [-0.2, 0) is 18.3 Å². The van der Waals surface area contributed by atoms with Crippen molar-refractivity contribution < 1.29 is 19.3 Å². The first-order valence-electron chi connectivity index (χ1n) is 11.4. The van der Waals surface area contributed by atoms with Gasteiger partial charge in [-0.05, 0) is 30.9 Å². The second-order valence-electron chi connectivity index (χ2n) is 8.65. The minimum absolute atomic E-state index is 0.312. The van der Waals surface area contributed by atoms with Crippen LogP contribution in [0.2, 0.25) is 0 Å². The lowest BCUT2D eigenvalue weighted by molar-refractivity contribution is 0.0346. The van der Waals surface area contributed by atoms with Gasteiger partial charge in [0.2, 0.25) is 5.88 Å². The van der Waals surface area contributed by atoms with Crippen molar-refractivity contribution in [1.29, 1.82) is 0 Å². The third-order valence-corrected chi connectivity index (χ3v) is 5.81. The predicted octanol–water partition coefficient (Wildman–Crippen LogP) is 4.11. The summed E-state index contributed by atoms with van der Waals surface area (Å²) >= 11 is 0. The predicted molar refractivity (Wildman–Crippen MR) is 128 cm³/mol. The molecule has 0 radical (unpaired) electrons. The van der Waals surface area contributed by atoms with Crippen molar-refractivity contribution in [3.8, 4) is 28.6 Å². The molecule has 176 valence electrons. The van der Waals surface area contributed by atoms with Crippen LogP contribution in [0.3, 0.4) is 0 Å². The van der Waals surface area contributed by atoms with Crippen LogP contribution in [0.4, 0.5) is 0 Å². The molecule has 33 heavy (non-hydrogen) atoms. The van der Waals surface area contributed by atoms with Gasteiger partial charge < -0.3 is 19.3 Å². The summed E-state index contributed by atoms with van der Waals surface area (Å²) < 4.78 is 18.7. The highest BCUT2D eigenvalue weighted by molar-refractivity contribution is 5.65. The number of aliphatic hydroxyl groups is 1. The van der Waals surface area contributed by atoms with E-state index in [9.17, 15) is 5.11 Å². The number of hydrogen-bond donors (Lipinski definition) is 1. The van der Waals surface area contributed by atoms with E-state index in [0.717, 1.165) is 29.1 Å². The SMILES string of the molecule is COCC(O)CN(Cc1c(-c2ccccc2)nn(C)c1Oc1cccc(OC)c1)CC1CC1. The first kappa shape index (κ1) is 23.3. The maximum absolute atomic E-state index is 10.5. The quantitative estimate of drug-likeness (QED) is 0.447. The molecule has 3 aromatic rings. The number of rotatable bonds is 12. The summed E-state index contributed by atoms with van der Waals surface area (Å²) in [6, 6.07) is 17.7. The molecule has 7 heteroatoms. The lowest BCUT2D eigenvalue weighted by Gasteiger charge is -2.25. The molecule has 7 nitrogen and oxygen atoms in total. The molecule has 0 aliphatic heterocycles. The van der Waals surface area contributed by atoms with E-state index in [4.69, 9.17) is 19.3 Å². The van der Waals surface area contributed by atoms with Gasteiger partial charge in [0, 0.05) is 45.4 Å². The van der Waals surface area contributed by atoms with Crippen molar-refractivity contribution in [1.82, 2.24) is 14.7 Å². The van der Waals surface area contributed by atoms with Crippen molar-refractivity contribution in [3.05, 3.63) is 60.2 Å². The average Bonchev–Trinajstić information content (AvgIpc) is 3.59. The Balaban J connectivity index is 1.69. The minimum atomic E-state index is -0.548. The highest BCUT2D eigenvalue weighted by Gasteiger charge is 2.28. The van der Waals surface area contributed by atoms with E-state index in [1.54, 1.807) is 18.9 Å². The Hall–Kier alpha value is -2.87. The van der Waals surface area contributed by atoms with Crippen LogP contribution in [0.15, 0.2) is 54.6 Å². The van der Waals surface area contributed by atoms with E-state index in [2.05, 4.69) is 17.0 Å². The molecule has 1 heterocycles. The second kappa shape index (κ2) is 10.8. The molecule has 1 saturated carbocycles. The number of nitrogens with zero attached hydrogens (tertiary/aromatic N) is 3. The van der Waals surface area contributed by atoms with Gasteiger partial charge >= 0.3 is 0 Å². The largest absolute Gasteiger partial charge is 0.497 e. The molecule has 1 aromatic heterocycles. The van der Waals surface area contributed by atoms with Crippen molar-refractivity contribution in [2.75, 3.05) is 33.9 Å². The van der Waals surface area contributed by atoms with Gasteiger partial charge in [-0.25, -0.2) is 4.68 Å². The summed E-state index contributed by atoms with van der Waals surface area (Å²) in [4.78, 5) is 2.29. The molecule has 0 saturated heterocycles. The maximum Gasteiger partial charge on any atom is 0.222 e. The summed E-state index contributed by atoms with van der Waals surface area (Å²) in [5.74, 6) is 2.78. The van der Waals surface area contributed by atoms with Gasteiger partial charge in [-0.1, -0.05) is 36.4 Å². The molecule has 1 fully saturated rings. The van der Waals surface area contributed by atoms with Crippen molar-refractivity contribution in [2.24, 2.45) is 13.0 Å². The fourth-order valence-corrected chi connectivity index (χ4v) is 4.06. The number of aliphatic hydroxyl groups excluding tert-OH is 1. The Morgan fingerprint density at radius 1 is 1.09 bits per heavy atom. The molecule has 0 spiro atoms. The zero-order valence-electron chi connectivity index (χ0n) is 19.6. The number of aryl methyl sites for hydroxylation is 1. The molecule has 2 aromatic carbocycles. The third kappa shape index (κ3) is 6.13. The molecule has 1 atom stereocenters. The fraction of sp³-hybridized carbons (Fsp3) is 0.423. The van der Waals surface area contributed by atoms with E-state index >= 15 is 0 Å². The first-order valence-corrected chi connectivity index (χ1v) is 11.4. The summed E-state index contributed by atoms with van der Waals surface area (Å²) in [6.45, 7) is 2.40. The molecule has 0 amide bonds. The van der Waals surface area contributed by atoms with Gasteiger partial charge in [-0.3, -0.25) is 4.90 Å². The van der Waals surface area contributed by atoms with Gasteiger partial charge in [-0.15, -0.1) is 0 Å². The summed E-state index contributed by atoms with van der Waals surface area (Å²) in [6.07, 6.45) is 1.93. The Labute approximate surface area is 195 Å². The Morgan fingerprint density at radius 3 is 2.55 bits per heavy atom. The van der Waals surface area contributed by atoms with Crippen molar-refractivity contribution >= 4 is 0 Å². The van der Waals surface area contributed by atoms with Crippen LogP contribution in [0.5, 0.6) is 17.4 Å². The van der Waals surface area contributed by atoms with E-state index in [1.165, 1.54) is 12.8 Å². The van der Waals surface area contributed by atoms with Crippen LogP contribution >= 0.6 is 0 Å². The molecule has 4 rings (SSSR count). The second-order valence-corrected chi connectivity index (χ2v) is 8.65. The number of methoxy groups -OCH3 is 2. The van der Waals surface area contributed by atoms with Crippen LogP contribution in [-0.4, -0.2) is 59.8 Å². The molecule has 1 aliphatic carbocycles. The standard InChI is InChI=1S/C26H33N3O4/c1-28-26(33-23-11-7-10-22(14-23)32-3)24(25(27-28)20-8-5-4-6-9-20)17-29(15-19-12-13-19)16-21(30)18-31-2/h4-11,14,19,21,30H,12-13,15-18H2,1-3H3. The molecular formula is C26H33N3O4. The third-order valence-electron chi connectivity index (χ3n) is 5.81. The molecule has 1 aliphatic rings. The van der Waals surface area contributed by atoms with Crippen molar-refractivity contribution in [3.63, 3.8) is 0 Å². The Kier molecular flexibility index (Phi) is 7.65. The van der Waals surface area contributed by atoms with Gasteiger partial charge in [0.05, 0.1) is 25.4 Å². The van der Waals surface area contributed by atoms with Crippen LogP contribution < -0.4 is 9.47 Å². The number of hydrogen-bond acceptors (Lipinski definition) is 6. The lowest BCUT2D eigenvalue weighted by Crippen LogP contribution is -2.35. The number of benzene rings is 2. The topological polar surface area (TPSA) is 69.0 Å². The Bertz CT molecular complexity index is 1030. The first-order chi connectivity index (χ1) is 16.1. The van der Waals surface area contributed by atoms with Gasteiger partial charge in [0.25, 0.3) is 0 Å². The molecular weight excluding hydrogens is 418 g/mol.